The van der Waals surface area contributed by atoms with Crippen molar-refractivity contribution >= 4 is 29.0 Å². The first kappa shape index (κ1) is 15.9. The topological polar surface area (TPSA) is 32.3 Å². The smallest absolute Gasteiger partial charge is 0.246 e. The van der Waals surface area contributed by atoms with Gasteiger partial charge in [-0.2, -0.15) is 0 Å². The van der Waals surface area contributed by atoms with E-state index >= 15 is 0 Å². The number of anilines is 2. The summed E-state index contributed by atoms with van der Waals surface area (Å²) in [4.78, 5) is 15.8. The number of fused-ring (bicyclic) bond motifs is 1. The van der Waals surface area contributed by atoms with Crippen molar-refractivity contribution in [2.45, 2.75) is 30.4 Å². The molecule has 2 aromatic rings. The lowest BCUT2D eigenvalue weighted by atomic mass is 10.2. The fourth-order valence-corrected chi connectivity index (χ4v) is 3.80. The lowest BCUT2D eigenvalue weighted by Crippen LogP contribution is -2.36. The van der Waals surface area contributed by atoms with Crippen LogP contribution in [0.25, 0.3) is 0 Å². The van der Waals surface area contributed by atoms with Gasteiger partial charge in [0.2, 0.25) is 5.91 Å². The molecule has 1 N–H and O–H groups in total. The fourth-order valence-electron chi connectivity index (χ4n) is 2.69. The van der Waals surface area contributed by atoms with Gasteiger partial charge in [0.05, 0.1) is 12.2 Å². The van der Waals surface area contributed by atoms with Crippen LogP contribution in [0.3, 0.4) is 0 Å². The number of nitrogens with one attached hydrogen (secondary N) is 1. The molecule has 0 fully saturated rings. The van der Waals surface area contributed by atoms with E-state index in [-0.39, 0.29) is 5.91 Å². The molecule has 0 saturated carbocycles. The molecule has 0 saturated heterocycles. The van der Waals surface area contributed by atoms with E-state index in [4.69, 9.17) is 0 Å². The van der Waals surface area contributed by atoms with E-state index in [9.17, 15) is 4.79 Å². The number of rotatable bonds is 3. The number of nitrogens with zero attached hydrogens (tertiary/aromatic N) is 1. The van der Waals surface area contributed by atoms with Crippen molar-refractivity contribution in [3.05, 3.63) is 54.1 Å². The second-order valence-electron chi connectivity index (χ2n) is 5.95. The van der Waals surface area contributed by atoms with E-state index in [2.05, 4.69) is 25.2 Å². The van der Waals surface area contributed by atoms with Crippen molar-refractivity contribution in [2.24, 2.45) is 0 Å². The second-order valence-corrected chi connectivity index (χ2v) is 7.43. The van der Waals surface area contributed by atoms with Gasteiger partial charge in [0.15, 0.2) is 0 Å². The molecule has 3 nitrogen and oxygen atoms in total. The highest BCUT2D eigenvalue weighted by Crippen LogP contribution is 2.37. The fraction of sp³-hybridized carbons (Fsp3) is 0.316. The zero-order valence-electron chi connectivity index (χ0n) is 13.6. The standard InChI is InChI=1S/C19H22N2OS/c1-14-7-9-16(10-8-14)20-13-19(22)21-12-11-15(2)23-18-6-4-3-5-17(18)21/h3-10,15,20H,11-13H2,1-2H3. The molecular formula is C19H22N2OS. The van der Waals surface area contributed by atoms with Crippen molar-refractivity contribution in [1.29, 1.82) is 0 Å². The molecule has 3 rings (SSSR count). The molecule has 1 atom stereocenters. The summed E-state index contributed by atoms with van der Waals surface area (Å²) in [5, 5.41) is 3.76. The molecule has 4 heteroatoms. The molecule has 1 unspecified atom stereocenters. The van der Waals surface area contributed by atoms with Gasteiger partial charge in [0.1, 0.15) is 0 Å². The second kappa shape index (κ2) is 7.09. The van der Waals surface area contributed by atoms with Gasteiger partial charge in [-0.1, -0.05) is 36.8 Å². The monoisotopic (exact) mass is 326 g/mol. The lowest BCUT2D eigenvalue weighted by Gasteiger charge is -2.23. The van der Waals surface area contributed by atoms with E-state index in [0.29, 0.717) is 11.8 Å². The molecule has 0 aromatic heterocycles. The van der Waals surface area contributed by atoms with Crippen LogP contribution in [0.1, 0.15) is 18.9 Å². The predicted molar refractivity (Wildman–Crippen MR) is 98.4 cm³/mol. The van der Waals surface area contributed by atoms with E-state index in [1.807, 2.05) is 59.1 Å². The lowest BCUT2D eigenvalue weighted by molar-refractivity contribution is -0.117. The molecule has 1 heterocycles. The van der Waals surface area contributed by atoms with Gasteiger partial charge in [-0.15, -0.1) is 11.8 Å². The summed E-state index contributed by atoms with van der Waals surface area (Å²) in [6.07, 6.45) is 1.01. The number of carbonyl (C=O) groups is 1. The van der Waals surface area contributed by atoms with Gasteiger partial charge in [0, 0.05) is 22.4 Å². The maximum absolute atomic E-state index is 12.7. The highest BCUT2D eigenvalue weighted by molar-refractivity contribution is 8.00. The number of hydrogen-bond donors (Lipinski definition) is 1. The molecule has 0 radical (unpaired) electrons. The number of carbonyl (C=O) groups excluding carboxylic acids is 1. The van der Waals surface area contributed by atoms with E-state index in [0.717, 1.165) is 24.3 Å². The molecule has 0 aliphatic carbocycles. The van der Waals surface area contributed by atoms with Gasteiger partial charge in [-0.05, 0) is 37.6 Å². The van der Waals surface area contributed by atoms with Gasteiger partial charge in [-0.3, -0.25) is 4.79 Å². The number of amides is 1. The molecule has 1 aliphatic heterocycles. The van der Waals surface area contributed by atoms with Crippen molar-refractivity contribution < 1.29 is 4.79 Å². The molecule has 2 aromatic carbocycles. The van der Waals surface area contributed by atoms with Crippen LogP contribution in [0, 0.1) is 6.92 Å². The number of thioether (sulfide) groups is 1. The Morgan fingerprint density at radius 1 is 1.22 bits per heavy atom. The van der Waals surface area contributed by atoms with E-state index in [1.54, 1.807) is 0 Å². The van der Waals surface area contributed by atoms with Crippen molar-refractivity contribution in [2.75, 3.05) is 23.3 Å². The van der Waals surface area contributed by atoms with Gasteiger partial charge >= 0.3 is 0 Å². The summed E-state index contributed by atoms with van der Waals surface area (Å²) in [7, 11) is 0. The molecule has 1 aliphatic rings. The summed E-state index contributed by atoms with van der Waals surface area (Å²) in [5.74, 6) is 0.118. The number of hydrogen-bond acceptors (Lipinski definition) is 3. The molecule has 0 spiro atoms. The quantitative estimate of drug-likeness (QED) is 0.911. The average molecular weight is 326 g/mol. The predicted octanol–water partition coefficient (Wildman–Crippen LogP) is 4.32. The number of benzene rings is 2. The third-order valence-corrected chi connectivity index (χ3v) is 5.28. The summed E-state index contributed by atoms with van der Waals surface area (Å²) in [6.45, 7) is 5.37. The molecule has 0 bridgehead atoms. The number of para-hydroxylation sites is 1. The summed E-state index contributed by atoms with van der Waals surface area (Å²) >= 11 is 1.86. The Bertz CT molecular complexity index is 684. The molecule has 1 amide bonds. The maximum Gasteiger partial charge on any atom is 0.246 e. The van der Waals surface area contributed by atoms with E-state index < -0.39 is 0 Å². The molecular weight excluding hydrogens is 304 g/mol. The zero-order valence-corrected chi connectivity index (χ0v) is 14.4. The minimum Gasteiger partial charge on any atom is -0.376 e. The highest BCUT2D eigenvalue weighted by atomic mass is 32.2. The Hall–Kier alpha value is -1.94. The summed E-state index contributed by atoms with van der Waals surface area (Å²) < 4.78 is 0. The largest absolute Gasteiger partial charge is 0.376 e. The minimum absolute atomic E-state index is 0.118. The Kier molecular flexibility index (Phi) is 4.91. The molecule has 120 valence electrons. The van der Waals surface area contributed by atoms with Crippen LogP contribution in [-0.4, -0.2) is 24.2 Å². The van der Waals surface area contributed by atoms with Crippen LogP contribution in [0.15, 0.2) is 53.4 Å². The Labute approximate surface area is 142 Å². The maximum atomic E-state index is 12.7. The normalized spacial score (nSPS) is 17.3. The zero-order chi connectivity index (χ0) is 16.2. The highest BCUT2D eigenvalue weighted by Gasteiger charge is 2.23. The van der Waals surface area contributed by atoms with Gasteiger partial charge in [-0.25, -0.2) is 0 Å². The third-order valence-electron chi connectivity index (χ3n) is 4.04. The summed E-state index contributed by atoms with van der Waals surface area (Å²) in [6, 6.07) is 16.3. The SMILES string of the molecule is Cc1ccc(NCC(=O)N2CCC(C)Sc3ccccc32)cc1. The Morgan fingerprint density at radius 3 is 2.74 bits per heavy atom. The Morgan fingerprint density at radius 2 is 1.96 bits per heavy atom. The van der Waals surface area contributed by atoms with Crippen LogP contribution in [0.2, 0.25) is 0 Å². The van der Waals surface area contributed by atoms with Crippen LogP contribution in [0.4, 0.5) is 11.4 Å². The van der Waals surface area contributed by atoms with Crippen molar-refractivity contribution in [3.63, 3.8) is 0 Å². The van der Waals surface area contributed by atoms with Gasteiger partial charge in [0.25, 0.3) is 0 Å². The number of aryl methyl sites for hydroxylation is 1. The van der Waals surface area contributed by atoms with Crippen LogP contribution >= 0.6 is 11.8 Å². The van der Waals surface area contributed by atoms with Crippen LogP contribution < -0.4 is 10.2 Å². The first-order chi connectivity index (χ1) is 11.1. The average Bonchev–Trinajstić information content (AvgIpc) is 2.72. The van der Waals surface area contributed by atoms with Crippen molar-refractivity contribution in [1.82, 2.24) is 0 Å². The van der Waals surface area contributed by atoms with Crippen molar-refractivity contribution in [3.8, 4) is 0 Å². The third kappa shape index (κ3) is 3.88. The van der Waals surface area contributed by atoms with Gasteiger partial charge < -0.3 is 10.2 Å². The minimum atomic E-state index is 0.118. The van der Waals surface area contributed by atoms with Crippen LogP contribution in [-0.2, 0) is 4.79 Å². The first-order valence-corrected chi connectivity index (χ1v) is 8.88. The molecule has 23 heavy (non-hydrogen) atoms. The summed E-state index contributed by atoms with van der Waals surface area (Å²) in [5.41, 5.74) is 3.24. The Balaban J connectivity index is 1.72. The van der Waals surface area contributed by atoms with E-state index in [1.165, 1.54) is 10.5 Å². The first-order valence-electron chi connectivity index (χ1n) is 8.00. The van der Waals surface area contributed by atoms with Crippen LogP contribution in [0.5, 0.6) is 0 Å².